The largest absolute Gasteiger partial charge is 0.392 e. The van der Waals surface area contributed by atoms with E-state index in [0.717, 1.165) is 61.1 Å². The van der Waals surface area contributed by atoms with Gasteiger partial charge in [0.1, 0.15) is 0 Å². The second-order valence-corrected chi connectivity index (χ2v) is 7.50. The van der Waals surface area contributed by atoms with Gasteiger partial charge in [-0.2, -0.15) is 0 Å². The molecule has 1 fully saturated rings. The third kappa shape index (κ3) is 3.37. The molecule has 6 nitrogen and oxygen atoms in total. The molecule has 2 N–H and O–H groups in total. The van der Waals surface area contributed by atoms with Crippen molar-refractivity contribution in [1.29, 1.82) is 0 Å². The fraction of sp³-hybridized carbons (Fsp3) is 0.474. The van der Waals surface area contributed by atoms with Crippen molar-refractivity contribution in [2.75, 3.05) is 6.54 Å². The average molecular weight is 374 g/mol. The van der Waals surface area contributed by atoms with Gasteiger partial charge in [-0.3, -0.25) is 0 Å². The van der Waals surface area contributed by atoms with Gasteiger partial charge in [0, 0.05) is 30.2 Å². The van der Waals surface area contributed by atoms with Crippen LogP contribution >= 0.6 is 11.6 Å². The van der Waals surface area contributed by atoms with E-state index >= 15 is 0 Å². The zero-order valence-corrected chi connectivity index (χ0v) is 15.7. The van der Waals surface area contributed by atoms with E-state index in [1.165, 1.54) is 0 Å². The quantitative estimate of drug-likeness (QED) is 0.721. The van der Waals surface area contributed by atoms with E-state index in [9.17, 15) is 5.11 Å². The summed E-state index contributed by atoms with van der Waals surface area (Å²) in [5.74, 6) is 0. The molecule has 1 aliphatic heterocycles. The zero-order valence-electron chi connectivity index (χ0n) is 14.9. The molecule has 3 heterocycles. The molecule has 1 aromatic carbocycles. The smallest absolute Gasteiger partial charge is 0.0958 e. The van der Waals surface area contributed by atoms with Crippen LogP contribution in [0.15, 0.2) is 31.0 Å². The third-order valence-corrected chi connectivity index (χ3v) is 5.45. The molecule has 0 spiro atoms. The van der Waals surface area contributed by atoms with Gasteiger partial charge in [-0.05, 0) is 44.4 Å². The number of aryl methyl sites for hydroxylation is 2. The molecule has 1 saturated heterocycles. The minimum Gasteiger partial charge on any atom is -0.392 e. The number of aliphatic hydroxyl groups is 1. The van der Waals surface area contributed by atoms with Crippen molar-refractivity contribution in [3.63, 3.8) is 0 Å². The fourth-order valence-electron chi connectivity index (χ4n) is 3.87. The van der Waals surface area contributed by atoms with Crippen LogP contribution in [0.1, 0.15) is 25.7 Å². The Morgan fingerprint density at radius 2 is 2.23 bits per heavy atom. The minimum absolute atomic E-state index is 0.199. The fourth-order valence-corrected chi connectivity index (χ4v) is 4.08. The summed E-state index contributed by atoms with van der Waals surface area (Å²) in [6.45, 7) is 1.85. The van der Waals surface area contributed by atoms with E-state index in [4.69, 9.17) is 11.6 Å². The maximum absolute atomic E-state index is 10.1. The summed E-state index contributed by atoms with van der Waals surface area (Å²) in [5.41, 5.74) is 4.03. The molecule has 7 heteroatoms. The van der Waals surface area contributed by atoms with Gasteiger partial charge in [0.2, 0.25) is 0 Å². The van der Waals surface area contributed by atoms with Crippen molar-refractivity contribution in [3.8, 4) is 11.3 Å². The van der Waals surface area contributed by atoms with E-state index in [2.05, 4.69) is 19.9 Å². The molecular weight excluding hydrogens is 350 g/mol. The van der Waals surface area contributed by atoms with Crippen LogP contribution in [-0.2, 0) is 13.6 Å². The number of rotatable bonds is 5. The van der Waals surface area contributed by atoms with Crippen molar-refractivity contribution < 1.29 is 5.11 Å². The Bertz CT molecular complexity index is 903. The van der Waals surface area contributed by atoms with Crippen molar-refractivity contribution in [2.45, 2.75) is 44.4 Å². The first kappa shape index (κ1) is 17.5. The van der Waals surface area contributed by atoms with Crippen LogP contribution < -0.4 is 5.32 Å². The Morgan fingerprint density at radius 1 is 1.35 bits per heavy atom. The summed E-state index contributed by atoms with van der Waals surface area (Å²) >= 11 is 6.31. The van der Waals surface area contributed by atoms with Gasteiger partial charge in [-0.1, -0.05) is 11.6 Å². The van der Waals surface area contributed by atoms with Gasteiger partial charge >= 0.3 is 0 Å². The lowest BCUT2D eigenvalue weighted by Crippen LogP contribution is -2.44. The lowest BCUT2D eigenvalue weighted by Gasteiger charge is -2.29. The van der Waals surface area contributed by atoms with Gasteiger partial charge in [-0.15, -0.1) is 0 Å². The molecule has 3 aromatic rings. The van der Waals surface area contributed by atoms with Crippen molar-refractivity contribution in [1.82, 2.24) is 24.4 Å². The molecule has 0 unspecified atom stereocenters. The first-order chi connectivity index (χ1) is 12.6. The highest BCUT2D eigenvalue weighted by Gasteiger charge is 2.22. The van der Waals surface area contributed by atoms with E-state index in [0.29, 0.717) is 5.02 Å². The summed E-state index contributed by atoms with van der Waals surface area (Å²) < 4.78 is 4.17. The lowest BCUT2D eigenvalue weighted by molar-refractivity contribution is 0.0909. The van der Waals surface area contributed by atoms with E-state index < -0.39 is 0 Å². The molecule has 0 bridgehead atoms. The summed E-state index contributed by atoms with van der Waals surface area (Å²) in [6, 6.07) is 4.08. The molecular formula is C19H24ClN5O. The Hall–Kier alpha value is -1.89. The number of hydrogen-bond acceptors (Lipinski definition) is 4. The summed E-state index contributed by atoms with van der Waals surface area (Å²) in [6.07, 6.45) is 9.18. The SMILES string of the molecule is Cn1cncc1-c1cc(Cl)cc2ncn(CCC[C@H]3NCCC[C@@H]3O)c12. The summed E-state index contributed by atoms with van der Waals surface area (Å²) in [5, 5.41) is 14.2. The monoisotopic (exact) mass is 373 g/mol. The molecule has 0 aliphatic carbocycles. The number of hydrogen-bond donors (Lipinski definition) is 2. The number of nitrogens with zero attached hydrogens (tertiary/aromatic N) is 4. The number of benzene rings is 1. The first-order valence-electron chi connectivity index (χ1n) is 9.16. The van der Waals surface area contributed by atoms with E-state index in [1.807, 2.05) is 36.3 Å². The number of nitrogens with one attached hydrogen (secondary N) is 1. The van der Waals surface area contributed by atoms with Crippen LogP contribution in [0.3, 0.4) is 0 Å². The predicted molar refractivity (Wildman–Crippen MR) is 103 cm³/mol. The lowest BCUT2D eigenvalue weighted by atomic mass is 9.97. The molecule has 1 aliphatic rings. The number of aromatic nitrogens is 4. The number of fused-ring (bicyclic) bond motifs is 1. The Kier molecular flexibility index (Phi) is 4.98. The highest BCUT2D eigenvalue weighted by molar-refractivity contribution is 6.31. The van der Waals surface area contributed by atoms with Crippen LogP contribution in [0.5, 0.6) is 0 Å². The number of aliphatic hydroxyl groups excluding tert-OH is 1. The van der Waals surface area contributed by atoms with Crippen LogP contribution in [0.4, 0.5) is 0 Å². The second kappa shape index (κ2) is 7.39. The average Bonchev–Trinajstić information content (AvgIpc) is 3.22. The molecule has 4 rings (SSSR count). The Morgan fingerprint density at radius 3 is 3.00 bits per heavy atom. The van der Waals surface area contributed by atoms with Crippen LogP contribution in [-0.4, -0.2) is 42.9 Å². The van der Waals surface area contributed by atoms with Crippen molar-refractivity contribution in [3.05, 3.63) is 36.0 Å². The molecule has 2 aromatic heterocycles. The molecule has 0 amide bonds. The molecule has 26 heavy (non-hydrogen) atoms. The molecule has 0 radical (unpaired) electrons. The third-order valence-electron chi connectivity index (χ3n) is 5.23. The highest BCUT2D eigenvalue weighted by Crippen LogP contribution is 2.31. The zero-order chi connectivity index (χ0) is 18.1. The number of piperidine rings is 1. The van der Waals surface area contributed by atoms with Crippen molar-refractivity contribution in [2.24, 2.45) is 7.05 Å². The van der Waals surface area contributed by atoms with Gasteiger partial charge in [0.15, 0.2) is 0 Å². The van der Waals surface area contributed by atoms with Crippen LogP contribution in [0.2, 0.25) is 5.02 Å². The summed E-state index contributed by atoms with van der Waals surface area (Å²) in [7, 11) is 1.98. The Labute approximate surface area is 157 Å². The second-order valence-electron chi connectivity index (χ2n) is 7.06. The van der Waals surface area contributed by atoms with Gasteiger partial charge < -0.3 is 19.6 Å². The number of imidazole rings is 2. The highest BCUT2D eigenvalue weighted by atomic mass is 35.5. The molecule has 2 atom stereocenters. The standard InChI is InChI=1S/C19H24ClN5O/c1-24-11-21-10-17(24)14-8-13(20)9-16-19(14)25(12-23-16)7-3-4-15-18(26)5-2-6-22-15/h8-12,15,18,22,26H,2-7H2,1H3/t15-,18+/m1/s1. The van der Waals surface area contributed by atoms with Gasteiger partial charge in [-0.25, -0.2) is 9.97 Å². The molecule has 0 saturated carbocycles. The summed E-state index contributed by atoms with van der Waals surface area (Å²) in [4.78, 5) is 8.78. The molecule has 138 valence electrons. The van der Waals surface area contributed by atoms with Gasteiger partial charge in [0.05, 0.1) is 41.7 Å². The van der Waals surface area contributed by atoms with Crippen LogP contribution in [0, 0.1) is 0 Å². The Balaban J connectivity index is 1.59. The van der Waals surface area contributed by atoms with Gasteiger partial charge in [0.25, 0.3) is 0 Å². The first-order valence-corrected chi connectivity index (χ1v) is 9.54. The number of halogens is 1. The maximum atomic E-state index is 10.1. The normalized spacial score (nSPS) is 20.7. The van der Waals surface area contributed by atoms with E-state index in [-0.39, 0.29) is 12.1 Å². The van der Waals surface area contributed by atoms with Crippen molar-refractivity contribution >= 4 is 22.6 Å². The predicted octanol–water partition coefficient (Wildman–Crippen LogP) is 2.98. The maximum Gasteiger partial charge on any atom is 0.0958 e. The van der Waals surface area contributed by atoms with Crippen LogP contribution in [0.25, 0.3) is 22.3 Å². The van der Waals surface area contributed by atoms with E-state index in [1.54, 1.807) is 6.33 Å². The minimum atomic E-state index is -0.230. The topological polar surface area (TPSA) is 67.9 Å².